The van der Waals surface area contributed by atoms with E-state index >= 15 is 0 Å². The Kier molecular flexibility index (Phi) is 6.57. The SMILES string of the molecule is CCCCNCCOC1CCCC1Cl. The smallest absolute Gasteiger partial charge is 0.0739 e. The molecule has 0 aromatic rings. The van der Waals surface area contributed by atoms with Gasteiger partial charge < -0.3 is 10.1 Å². The van der Waals surface area contributed by atoms with Crippen LogP contribution in [-0.2, 0) is 4.74 Å². The highest BCUT2D eigenvalue weighted by Gasteiger charge is 2.25. The molecule has 1 saturated carbocycles. The number of hydrogen-bond donors (Lipinski definition) is 1. The number of ether oxygens (including phenoxy) is 1. The molecule has 0 aromatic carbocycles. The van der Waals surface area contributed by atoms with E-state index in [9.17, 15) is 0 Å². The van der Waals surface area contributed by atoms with Crippen molar-refractivity contribution in [3.8, 4) is 0 Å². The highest BCUT2D eigenvalue weighted by atomic mass is 35.5. The summed E-state index contributed by atoms with van der Waals surface area (Å²) in [6.45, 7) is 5.07. The Morgan fingerprint density at radius 1 is 1.36 bits per heavy atom. The van der Waals surface area contributed by atoms with Gasteiger partial charge in [-0.3, -0.25) is 0 Å². The van der Waals surface area contributed by atoms with Crippen LogP contribution in [-0.4, -0.2) is 31.2 Å². The molecule has 3 heteroatoms. The van der Waals surface area contributed by atoms with Gasteiger partial charge in [-0.25, -0.2) is 0 Å². The molecule has 2 unspecified atom stereocenters. The molecule has 0 radical (unpaired) electrons. The molecule has 0 spiro atoms. The van der Waals surface area contributed by atoms with Gasteiger partial charge in [-0.1, -0.05) is 13.3 Å². The van der Waals surface area contributed by atoms with Gasteiger partial charge in [0.1, 0.15) is 0 Å². The van der Waals surface area contributed by atoms with Crippen molar-refractivity contribution in [2.45, 2.75) is 50.5 Å². The van der Waals surface area contributed by atoms with Gasteiger partial charge in [-0.2, -0.15) is 0 Å². The van der Waals surface area contributed by atoms with Gasteiger partial charge in [0.25, 0.3) is 0 Å². The molecule has 0 aliphatic heterocycles. The maximum Gasteiger partial charge on any atom is 0.0739 e. The van der Waals surface area contributed by atoms with Crippen LogP contribution in [0.1, 0.15) is 39.0 Å². The maximum absolute atomic E-state index is 6.10. The molecule has 1 N–H and O–H groups in total. The quantitative estimate of drug-likeness (QED) is 0.525. The van der Waals surface area contributed by atoms with E-state index in [4.69, 9.17) is 16.3 Å². The highest BCUT2D eigenvalue weighted by molar-refractivity contribution is 6.21. The first-order valence-corrected chi connectivity index (χ1v) is 6.24. The summed E-state index contributed by atoms with van der Waals surface area (Å²) in [5.74, 6) is 0. The van der Waals surface area contributed by atoms with Crippen molar-refractivity contribution in [2.75, 3.05) is 19.7 Å². The Morgan fingerprint density at radius 3 is 2.86 bits per heavy atom. The Labute approximate surface area is 92.3 Å². The summed E-state index contributed by atoms with van der Waals surface area (Å²) in [4.78, 5) is 0. The summed E-state index contributed by atoms with van der Waals surface area (Å²) in [6, 6.07) is 0. The standard InChI is InChI=1S/C11H22ClNO/c1-2-3-7-13-8-9-14-11-6-4-5-10(11)12/h10-11,13H,2-9H2,1H3. The maximum atomic E-state index is 6.10. The first kappa shape index (κ1) is 12.3. The lowest BCUT2D eigenvalue weighted by Crippen LogP contribution is -2.26. The van der Waals surface area contributed by atoms with E-state index in [1.165, 1.54) is 19.3 Å². The lowest BCUT2D eigenvalue weighted by atomic mass is 10.3. The van der Waals surface area contributed by atoms with Crippen LogP contribution in [0.25, 0.3) is 0 Å². The molecule has 1 fully saturated rings. The van der Waals surface area contributed by atoms with E-state index in [2.05, 4.69) is 12.2 Å². The lowest BCUT2D eigenvalue weighted by Gasteiger charge is -2.14. The lowest BCUT2D eigenvalue weighted by molar-refractivity contribution is 0.0626. The van der Waals surface area contributed by atoms with E-state index in [0.717, 1.165) is 32.5 Å². The molecule has 0 bridgehead atoms. The predicted octanol–water partition coefficient (Wildman–Crippen LogP) is 2.55. The van der Waals surface area contributed by atoms with Crippen molar-refractivity contribution in [1.29, 1.82) is 0 Å². The second kappa shape index (κ2) is 7.49. The fourth-order valence-electron chi connectivity index (χ4n) is 1.78. The van der Waals surface area contributed by atoms with Crippen LogP contribution in [0.5, 0.6) is 0 Å². The van der Waals surface area contributed by atoms with E-state index in [1.807, 2.05) is 0 Å². The number of alkyl halides is 1. The molecule has 84 valence electrons. The van der Waals surface area contributed by atoms with Crippen LogP contribution in [0.4, 0.5) is 0 Å². The van der Waals surface area contributed by atoms with Crippen molar-refractivity contribution in [3.05, 3.63) is 0 Å². The van der Waals surface area contributed by atoms with Crippen LogP contribution in [0.2, 0.25) is 0 Å². The number of halogens is 1. The zero-order chi connectivity index (χ0) is 10.2. The van der Waals surface area contributed by atoms with Gasteiger partial charge in [-0.05, 0) is 32.2 Å². The third-order valence-electron chi connectivity index (χ3n) is 2.69. The molecule has 0 saturated heterocycles. The van der Waals surface area contributed by atoms with Crippen LogP contribution in [0.15, 0.2) is 0 Å². The molecular weight excluding hydrogens is 198 g/mol. The monoisotopic (exact) mass is 219 g/mol. The van der Waals surface area contributed by atoms with Crippen molar-refractivity contribution >= 4 is 11.6 Å². The summed E-state index contributed by atoms with van der Waals surface area (Å²) >= 11 is 6.10. The van der Waals surface area contributed by atoms with E-state index in [0.29, 0.717) is 6.10 Å². The molecule has 1 aliphatic rings. The first-order valence-electron chi connectivity index (χ1n) is 5.81. The second-order valence-electron chi connectivity index (χ2n) is 3.96. The summed E-state index contributed by atoms with van der Waals surface area (Å²) in [6.07, 6.45) is 6.30. The minimum Gasteiger partial charge on any atom is -0.375 e. The van der Waals surface area contributed by atoms with Crippen LogP contribution in [0.3, 0.4) is 0 Å². The van der Waals surface area contributed by atoms with Crippen LogP contribution >= 0.6 is 11.6 Å². The van der Waals surface area contributed by atoms with Crippen molar-refractivity contribution in [2.24, 2.45) is 0 Å². The van der Waals surface area contributed by atoms with Gasteiger partial charge in [0.15, 0.2) is 0 Å². The fourth-order valence-corrected chi connectivity index (χ4v) is 2.13. The van der Waals surface area contributed by atoms with Crippen LogP contribution in [0, 0.1) is 0 Å². The molecule has 1 rings (SSSR count). The van der Waals surface area contributed by atoms with E-state index in [-0.39, 0.29) is 5.38 Å². The molecule has 0 amide bonds. The molecule has 2 atom stereocenters. The zero-order valence-corrected chi connectivity index (χ0v) is 9.85. The third kappa shape index (κ3) is 4.63. The van der Waals surface area contributed by atoms with Crippen molar-refractivity contribution in [1.82, 2.24) is 5.32 Å². The minimum absolute atomic E-state index is 0.255. The number of hydrogen-bond acceptors (Lipinski definition) is 2. The highest BCUT2D eigenvalue weighted by Crippen LogP contribution is 2.26. The van der Waals surface area contributed by atoms with Crippen molar-refractivity contribution in [3.63, 3.8) is 0 Å². The third-order valence-corrected chi connectivity index (χ3v) is 3.19. The minimum atomic E-state index is 0.255. The van der Waals surface area contributed by atoms with Gasteiger partial charge in [-0.15, -0.1) is 11.6 Å². The molecule has 2 nitrogen and oxygen atoms in total. The first-order chi connectivity index (χ1) is 6.84. The van der Waals surface area contributed by atoms with Crippen LogP contribution < -0.4 is 5.32 Å². The number of nitrogens with one attached hydrogen (secondary N) is 1. The molecule has 14 heavy (non-hydrogen) atoms. The fraction of sp³-hybridized carbons (Fsp3) is 1.00. The number of rotatable bonds is 7. The summed E-state index contributed by atoms with van der Waals surface area (Å²) in [5, 5.41) is 3.61. The average molecular weight is 220 g/mol. The Morgan fingerprint density at radius 2 is 2.21 bits per heavy atom. The Bertz CT molecular complexity index is 143. The largest absolute Gasteiger partial charge is 0.375 e. The molecular formula is C11H22ClNO. The zero-order valence-electron chi connectivity index (χ0n) is 9.10. The second-order valence-corrected chi connectivity index (χ2v) is 4.52. The Hall–Kier alpha value is 0.210. The summed E-state index contributed by atoms with van der Waals surface area (Å²) < 4.78 is 5.70. The van der Waals surface area contributed by atoms with E-state index < -0.39 is 0 Å². The predicted molar refractivity (Wildman–Crippen MR) is 61.0 cm³/mol. The molecule has 1 aliphatic carbocycles. The average Bonchev–Trinajstić information content (AvgIpc) is 2.58. The molecule has 0 aromatic heterocycles. The normalized spacial score (nSPS) is 27.0. The van der Waals surface area contributed by atoms with Gasteiger partial charge >= 0.3 is 0 Å². The Balaban J connectivity index is 1.88. The van der Waals surface area contributed by atoms with Gasteiger partial charge in [0, 0.05) is 6.54 Å². The van der Waals surface area contributed by atoms with E-state index in [1.54, 1.807) is 0 Å². The number of unbranched alkanes of at least 4 members (excludes halogenated alkanes) is 1. The summed E-state index contributed by atoms with van der Waals surface area (Å²) in [7, 11) is 0. The molecule has 0 heterocycles. The van der Waals surface area contributed by atoms with Gasteiger partial charge in [0.2, 0.25) is 0 Å². The van der Waals surface area contributed by atoms with Crippen molar-refractivity contribution < 1.29 is 4.74 Å². The summed E-state index contributed by atoms with van der Waals surface area (Å²) in [5.41, 5.74) is 0. The topological polar surface area (TPSA) is 21.3 Å². The van der Waals surface area contributed by atoms with Gasteiger partial charge in [0.05, 0.1) is 18.1 Å².